The molecule has 3 heterocycles. The maximum absolute atomic E-state index is 16.7. The van der Waals surface area contributed by atoms with E-state index in [0.717, 1.165) is 37.8 Å². The molecule has 3 aromatic rings. The van der Waals surface area contributed by atoms with E-state index in [1.54, 1.807) is 0 Å². The second-order valence-electron chi connectivity index (χ2n) is 12.4. The Hall–Kier alpha value is -4.30. The van der Waals surface area contributed by atoms with Crippen molar-refractivity contribution in [2.24, 2.45) is 5.92 Å². The smallest absolute Gasteiger partial charge is 0.319 e. The molecule has 2 saturated heterocycles. The summed E-state index contributed by atoms with van der Waals surface area (Å²) in [4.78, 5) is 30.5. The van der Waals surface area contributed by atoms with E-state index in [9.17, 15) is 14.3 Å². The zero-order chi connectivity index (χ0) is 30.7. The van der Waals surface area contributed by atoms with Crippen LogP contribution in [-0.4, -0.2) is 89.2 Å². The molecule has 2 aliphatic carbocycles. The molecule has 4 atom stereocenters. The number of aromatic nitrogens is 2. The van der Waals surface area contributed by atoms with Gasteiger partial charge in [-0.15, -0.1) is 0 Å². The lowest BCUT2D eigenvalue weighted by Gasteiger charge is -2.39. The number of carbonyl (C=O) groups excluding carboxylic acids is 1. The Morgan fingerprint density at radius 2 is 2.09 bits per heavy atom. The number of aromatic hydroxyl groups is 1. The van der Waals surface area contributed by atoms with Gasteiger partial charge in [0.05, 0.1) is 5.56 Å². The van der Waals surface area contributed by atoms with E-state index < -0.39 is 23.6 Å². The van der Waals surface area contributed by atoms with Gasteiger partial charge in [0.25, 0.3) is 5.91 Å². The van der Waals surface area contributed by atoms with Gasteiger partial charge in [0.15, 0.2) is 11.6 Å². The molecular formula is C33H34F2N6O3. The molecule has 3 fully saturated rings. The van der Waals surface area contributed by atoms with Gasteiger partial charge in [-0.25, -0.2) is 15.4 Å². The number of amides is 1. The van der Waals surface area contributed by atoms with Crippen LogP contribution in [-0.2, 0) is 11.2 Å². The summed E-state index contributed by atoms with van der Waals surface area (Å²) in [5.74, 6) is -1.37. The molecule has 1 aromatic heterocycles. The molecule has 44 heavy (non-hydrogen) atoms. The second-order valence-corrected chi connectivity index (χ2v) is 12.4. The number of likely N-dealkylation sites (tertiary alicyclic amines) is 1. The molecule has 0 bridgehead atoms. The number of fused-ring (bicyclic) bond motifs is 4. The first-order valence-corrected chi connectivity index (χ1v) is 15.2. The van der Waals surface area contributed by atoms with Crippen LogP contribution in [0.25, 0.3) is 26.9 Å². The number of carbonyl (C=O) groups is 1. The molecule has 0 unspecified atom stereocenters. The zero-order valence-corrected chi connectivity index (χ0v) is 24.6. The first-order chi connectivity index (χ1) is 21.2. The van der Waals surface area contributed by atoms with Crippen LogP contribution >= 0.6 is 0 Å². The molecule has 9 nitrogen and oxygen atoms in total. The van der Waals surface area contributed by atoms with Crippen LogP contribution in [0.4, 0.5) is 14.6 Å². The quantitative estimate of drug-likeness (QED) is 0.311. The van der Waals surface area contributed by atoms with Crippen molar-refractivity contribution in [2.45, 2.75) is 43.7 Å². The van der Waals surface area contributed by atoms with Crippen LogP contribution in [0.1, 0.15) is 36.3 Å². The minimum atomic E-state index is -1.09. The third-order valence-electron chi connectivity index (χ3n) is 9.79. The lowest BCUT2D eigenvalue weighted by Crippen LogP contribution is -2.56. The van der Waals surface area contributed by atoms with E-state index in [4.69, 9.17) is 16.3 Å². The van der Waals surface area contributed by atoms with Gasteiger partial charge in [0, 0.05) is 31.1 Å². The summed E-state index contributed by atoms with van der Waals surface area (Å²) in [6.45, 7) is 12.3. The van der Waals surface area contributed by atoms with Crippen molar-refractivity contribution in [1.82, 2.24) is 19.8 Å². The fourth-order valence-electron chi connectivity index (χ4n) is 7.36. The van der Waals surface area contributed by atoms with Crippen molar-refractivity contribution in [1.29, 1.82) is 0 Å². The molecule has 228 valence electrons. The third-order valence-corrected chi connectivity index (χ3v) is 9.79. The second kappa shape index (κ2) is 11.0. The first-order valence-electron chi connectivity index (χ1n) is 15.2. The summed E-state index contributed by atoms with van der Waals surface area (Å²) in [5, 5.41) is 11.6. The zero-order valence-electron chi connectivity index (χ0n) is 24.6. The van der Waals surface area contributed by atoms with Crippen molar-refractivity contribution in [2.75, 3.05) is 51.3 Å². The number of hydrogen-bond donors (Lipinski definition) is 1. The Balaban J connectivity index is 1.32. The lowest BCUT2D eigenvalue weighted by molar-refractivity contribution is -0.131. The van der Waals surface area contributed by atoms with Gasteiger partial charge in [-0.05, 0) is 73.9 Å². The van der Waals surface area contributed by atoms with Crippen molar-refractivity contribution in [3.8, 4) is 22.9 Å². The number of anilines is 1. The van der Waals surface area contributed by atoms with Gasteiger partial charge >= 0.3 is 6.01 Å². The molecule has 2 aliphatic heterocycles. The summed E-state index contributed by atoms with van der Waals surface area (Å²) >= 11 is 0. The number of ether oxygens (including phenoxy) is 1. The van der Waals surface area contributed by atoms with Crippen molar-refractivity contribution in [3.05, 3.63) is 65.0 Å². The molecule has 2 aromatic carbocycles. The Morgan fingerprint density at radius 1 is 1.25 bits per heavy atom. The van der Waals surface area contributed by atoms with Crippen LogP contribution < -0.4 is 9.64 Å². The highest BCUT2D eigenvalue weighted by Gasteiger charge is 2.46. The highest BCUT2D eigenvalue weighted by molar-refractivity contribution is 5.97. The molecule has 11 heteroatoms. The molecular weight excluding hydrogens is 566 g/mol. The predicted molar refractivity (Wildman–Crippen MR) is 162 cm³/mol. The summed E-state index contributed by atoms with van der Waals surface area (Å²) in [6.07, 6.45) is 4.05. The topological polar surface area (TPSA) is 86.4 Å². The normalized spacial score (nSPS) is 24.2. The van der Waals surface area contributed by atoms with Gasteiger partial charge in [-0.1, -0.05) is 24.8 Å². The number of halogens is 2. The SMILES string of the molecule is [C-]#[N+]C[C@H]1CN(c2nc(OC[C@@H]3CCCN3C)nc3c(F)c(-c4cccc5c4C[C@@H]4C[C@H]54)c(O)cc23)CCN1C(=O)C(=C)F. The number of hydrogen-bond acceptors (Lipinski definition) is 7. The monoisotopic (exact) mass is 600 g/mol. The van der Waals surface area contributed by atoms with E-state index in [-0.39, 0.29) is 55.1 Å². The fourth-order valence-corrected chi connectivity index (χ4v) is 7.36. The van der Waals surface area contributed by atoms with Gasteiger partial charge in [-0.2, -0.15) is 9.97 Å². The summed E-state index contributed by atoms with van der Waals surface area (Å²) in [6, 6.07) is 6.92. The Labute approximate surface area is 254 Å². The Morgan fingerprint density at radius 3 is 2.84 bits per heavy atom. The largest absolute Gasteiger partial charge is 0.507 e. The predicted octanol–water partition coefficient (Wildman–Crippen LogP) is 4.69. The summed E-state index contributed by atoms with van der Waals surface area (Å²) in [5.41, 5.74) is 3.13. The first kappa shape index (κ1) is 28.5. The highest BCUT2D eigenvalue weighted by Crippen LogP contribution is 2.58. The number of rotatable bonds is 7. The van der Waals surface area contributed by atoms with Crippen LogP contribution in [0.15, 0.2) is 36.7 Å². The maximum Gasteiger partial charge on any atom is 0.319 e. The van der Waals surface area contributed by atoms with Crippen LogP contribution in [0, 0.1) is 18.3 Å². The number of piperazine rings is 1. The number of nitrogens with zero attached hydrogens (tertiary/aromatic N) is 6. The van der Waals surface area contributed by atoms with Crippen LogP contribution in [0.5, 0.6) is 11.8 Å². The Kier molecular flexibility index (Phi) is 7.12. The van der Waals surface area contributed by atoms with Gasteiger partial charge in [0.2, 0.25) is 6.54 Å². The van der Waals surface area contributed by atoms with Gasteiger partial charge in [-0.3, -0.25) is 4.79 Å². The summed E-state index contributed by atoms with van der Waals surface area (Å²) < 4.78 is 36.6. The van der Waals surface area contributed by atoms with Crippen molar-refractivity contribution < 1.29 is 23.4 Å². The Bertz CT molecular complexity index is 1720. The van der Waals surface area contributed by atoms with Crippen LogP contribution in [0.3, 0.4) is 0 Å². The van der Waals surface area contributed by atoms with E-state index in [1.165, 1.54) is 16.5 Å². The van der Waals surface area contributed by atoms with Gasteiger partial charge in [0.1, 0.15) is 29.7 Å². The van der Waals surface area contributed by atoms with Gasteiger partial charge < -0.3 is 29.4 Å². The molecule has 1 saturated carbocycles. The van der Waals surface area contributed by atoms with E-state index in [1.807, 2.05) is 24.1 Å². The molecule has 7 rings (SSSR count). The minimum absolute atomic E-state index is 0.0141. The fraction of sp³-hybridized carbons (Fsp3) is 0.455. The lowest BCUT2D eigenvalue weighted by atomic mass is 9.92. The maximum atomic E-state index is 16.7. The number of benzene rings is 2. The summed E-state index contributed by atoms with van der Waals surface area (Å²) in [7, 11) is 2.04. The van der Waals surface area contributed by atoms with E-state index in [2.05, 4.69) is 27.4 Å². The standard InChI is InChI=1S/C33H34F2N6O3/c1-18(34)32(43)41-11-10-40(16-21(41)15-36-2)31-26-14-27(42)28(23-8-4-7-22-24-12-19(24)13-25(22)23)29(35)30(26)37-33(38-31)44-17-20-6-5-9-39(20)3/h4,7-8,14,19-21,24,42H,1,5-6,9-13,15-17H2,3H3/t19-,20-,21-,24-/m0/s1. The molecule has 1 N–H and O–H groups in total. The van der Waals surface area contributed by atoms with E-state index in [0.29, 0.717) is 35.2 Å². The average molecular weight is 601 g/mol. The van der Waals surface area contributed by atoms with E-state index >= 15 is 4.39 Å². The third kappa shape index (κ3) is 4.81. The highest BCUT2D eigenvalue weighted by atomic mass is 19.1. The molecule has 1 amide bonds. The molecule has 4 aliphatic rings. The molecule has 0 spiro atoms. The van der Waals surface area contributed by atoms with Crippen molar-refractivity contribution in [3.63, 3.8) is 0 Å². The number of phenols is 1. The average Bonchev–Trinajstić information content (AvgIpc) is 3.50. The van der Waals surface area contributed by atoms with Crippen LogP contribution in [0.2, 0.25) is 0 Å². The van der Waals surface area contributed by atoms with Crippen molar-refractivity contribution >= 4 is 22.6 Å². The number of phenolic OH excluding ortho intramolecular Hbond substituents is 1. The minimum Gasteiger partial charge on any atom is -0.507 e. The molecule has 0 radical (unpaired) electrons. The number of likely N-dealkylation sites (N-methyl/N-ethyl adjacent to an activating group) is 1.